The molecule has 4 aromatic carbocycles. The van der Waals surface area contributed by atoms with E-state index >= 15 is 19.2 Å². The van der Waals surface area contributed by atoms with Crippen LogP contribution in [0.3, 0.4) is 0 Å². The van der Waals surface area contributed by atoms with Gasteiger partial charge in [-0.15, -0.1) is 0 Å². The summed E-state index contributed by atoms with van der Waals surface area (Å²) in [5.74, 6) is -19.6. The van der Waals surface area contributed by atoms with Crippen LogP contribution < -0.4 is 103 Å². The molecule has 1 aliphatic heterocycles. The van der Waals surface area contributed by atoms with E-state index in [0.29, 0.717) is 11.1 Å². The van der Waals surface area contributed by atoms with E-state index < -0.39 is 269 Å². The zero-order valence-electron chi connectivity index (χ0n) is 80.5. The number of nitrogens with one attached hydrogen (secondary N) is 16. The first-order valence-corrected chi connectivity index (χ1v) is 46.2. The second kappa shape index (κ2) is 51.5. The third kappa shape index (κ3) is 31.4. The summed E-state index contributed by atoms with van der Waals surface area (Å²) in [5.41, 5.74) is 25.0. The lowest BCUT2D eigenvalue weighted by Gasteiger charge is -2.42. The first-order chi connectivity index (χ1) is 66.9. The summed E-state index contributed by atoms with van der Waals surface area (Å²) >= 11 is 0. The zero-order chi connectivity index (χ0) is 105. The number of methoxy groups -OCH3 is 1. The number of aromatic hydroxyl groups is 4. The van der Waals surface area contributed by atoms with Crippen molar-refractivity contribution in [2.45, 2.75) is 262 Å². The molecule has 0 spiro atoms. The highest BCUT2D eigenvalue weighted by Crippen LogP contribution is 2.53. The Kier molecular flexibility index (Phi) is 40.8. The lowest BCUT2D eigenvalue weighted by atomic mass is 9.72. The summed E-state index contributed by atoms with van der Waals surface area (Å²) in [5, 5.41) is 131. The molecule has 49 heteroatoms. The van der Waals surface area contributed by atoms with Gasteiger partial charge in [0.2, 0.25) is 76.7 Å². The minimum Gasteiger partial charge on any atom is -0.508 e. The van der Waals surface area contributed by atoms with Crippen LogP contribution in [0.15, 0.2) is 84.4 Å². The number of ether oxygens (including phenoxy) is 3. The minimum absolute atomic E-state index is 0.00464. The van der Waals surface area contributed by atoms with Crippen molar-refractivity contribution >= 4 is 106 Å². The van der Waals surface area contributed by atoms with Crippen molar-refractivity contribution in [2.24, 2.45) is 51.6 Å². The molecule has 3 aliphatic rings. The van der Waals surface area contributed by atoms with Gasteiger partial charge in [-0.1, -0.05) is 83.1 Å². The van der Waals surface area contributed by atoms with E-state index in [2.05, 4.69) is 84.2 Å². The molecule has 2 aliphatic carbocycles. The average Bonchev–Trinajstić information content (AvgIpc) is 0.738. The van der Waals surface area contributed by atoms with Gasteiger partial charge in [-0.05, 0) is 125 Å². The number of benzene rings is 4. The van der Waals surface area contributed by atoms with Crippen LogP contribution in [0.1, 0.15) is 193 Å². The number of hydrogen-bond acceptors (Lipinski definition) is 31. The molecule has 33 N–H and O–H groups in total. The van der Waals surface area contributed by atoms with Crippen molar-refractivity contribution in [2.75, 3.05) is 26.8 Å². The van der Waals surface area contributed by atoms with E-state index in [1.165, 1.54) is 128 Å². The van der Waals surface area contributed by atoms with Crippen LogP contribution in [-0.2, 0) is 102 Å². The van der Waals surface area contributed by atoms with Crippen LogP contribution in [0.2, 0.25) is 0 Å². The number of rotatable bonds is 51. The Bertz CT molecular complexity index is 5420. The molecule has 0 unspecified atom stereocenters. The summed E-state index contributed by atoms with van der Waals surface area (Å²) in [4.78, 5) is 227. The van der Waals surface area contributed by atoms with Crippen LogP contribution in [-0.4, -0.2) is 281 Å². The quantitative estimate of drug-likeness (QED) is 0.00570. The summed E-state index contributed by atoms with van der Waals surface area (Å²) in [6.45, 7) is 14.1. The molecule has 0 radical (unpaired) electrons. The van der Waals surface area contributed by atoms with Crippen LogP contribution in [0.5, 0.6) is 28.7 Å². The zero-order valence-corrected chi connectivity index (χ0v) is 80.5. The number of aliphatic hydroxyl groups is 3. The SMILES string of the molecule is COc1cccc2c1C(=O)c1c(O)c3c(c(O)c1C2=O)C[C@@](O)(/C(C)=N/OCC(=O)N[C@@H](CC(C)C)C(=O)N[C@@H](CCCNC(=N)N)C(=O)N[C@@H](CCCNC(=N)N)C(=O)N[C@@H](Cc1ccc(O)cc1)C(=O)N[C@H](C(=O)N[C@@H](Cc1cnc[nH]1)C(=O)N[C@@H](CC(C)C)C(=O)N[C@@H](CC(N)=O)C(=O)N[C@@H](Cc1ccc(O)cc1)C(=O)N[C@@H](C)C(=O)N[C@H](C(N)=O)[C@@H](C)O)C(C)C)C[C@@H]3O[C@H]1C[C@H](N)[C@H](O)[C@H](C)O1. The van der Waals surface area contributed by atoms with Gasteiger partial charge in [0.25, 0.3) is 5.91 Å². The number of nitrogens with two attached hydrogens (primary N) is 5. The molecule has 18 atom stereocenters. The Labute approximate surface area is 817 Å². The molecular formula is C93H131N23O26. The smallest absolute Gasteiger partial charge is 0.261 e. The van der Waals surface area contributed by atoms with Gasteiger partial charge in [-0.3, -0.25) is 82.7 Å². The Morgan fingerprint density at radius 2 is 1.06 bits per heavy atom. The molecule has 5 aromatic rings. The molecule has 142 heavy (non-hydrogen) atoms. The second-order valence-corrected chi connectivity index (χ2v) is 36.6. The van der Waals surface area contributed by atoms with Crippen LogP contribution in [0.25, 0.3) is 0 Å². The Hall–Kier alpha value is -14.7. The van der Waals surface area contributed by atoms with Crippen LogP contribution in [0.4, 0.5) is 0 Å². The molecule has 774 valence electrons. The number of amides is 13. The fourth-order valence-electron chi connectivity index (χ4n) is 16.3. The lowest BCUT2D eigenvalue weighted by molar-refractivity contribution is -0.245. The van der Waals surface area contributed by atoms with E-state index in [0.717, 1.165) is 0 Å². The number of oxime groups is 1. The predicted molar refractivity (Wildman–Crippen MR) is 508 cm³/mol. The van der Waals surface area contributed by atoms with Gasteiger partial charge < -0.3 is 158 Å². The first-order valence-electron chi connectivity index (χ1n) is 46.2. The van der Waals surface area contributed by atoms with Crippen LogP contribution in [0, 0.1) is 28.6 Å². The summed E-state index contributed by atoms with van der Waals surface area (Å²) in [7, 11) is 1.28. The number of H-pyrrole nitrogens is 1. The second-order valence-electron chi connectivity index (χ2n) is 36.6. The summed E-state index contributed by atoms with van der Waals surface area (Å²) in [6, 6.07) is -3.47. The van der Waals surface area contributed by atoms with Gasteiger partial charge in [0.05, 0.1) is 66.7 Å². The Balaban J connectivity index is 1.01. The third-order valence-corrected chi connectivity index (χ3v) is 23.9. The number of hydrogen-bond donors (Lipinski definition) is 28. The monoisotopic (exact) mass is 1990 g/mol. The highest BCUT2D eigenvalue weighted by Gasteiger charge is 2.50. The maximum atomic E-state index is 15.2. The number of aromatic amines is 1. The van der Waals surface area contributed by atoms with Gasteiger partial charge in [-0.2, -0.15) is 0 Å². The molecule has 49 nitrogen and oxygen atoms in total. The fraction of sp³-hybridized carbons (Fsp3) is 0.516. The van der Waals surface area contributed by atoms with Crippen molar-refractivity contribution in [3.63, 3.8) is 0 Å². The third-order valence-electron chi connectivity index (χ3n) is 23.9. The number of carbonyl (C=O) groups is 15. The van der Waals surface area contributed by atoms with E-state index in [1.807, 2.05) is 0 Å². The molecule has 0 saturated carbocycles. The summed E-state index contributed by atoms with van der Waals surface area (Å²) in [6.07, 6.45) is -7.54. The van der Waals surface area contributed by atoms with Gasteiger partial charge in [-0.25, -0.2) is 4.98 Å². The molecule has 1 fully saturated rings. The highest BCUT2D eigenvalue weighted by atomic mass is 16.7. The molecule has 1 saturated heterocycles. The molecule has 8 rings (SSSR count). The lowest BCUT2D eigenvalue weighted by Crippen LogP contribution is -2.62. The van der Waals surface area contributed by atoms with Gasteiger partial charge in [0.1, 0.15) is 101 Å². The minimum atomic E-state index is -2.22. The van der Waals surface area contributed by atoms with Crippen molar-refractivity contribution in [1.82, 2.24) is 79.1 Å². The van der Waals surface area contributed by atoms with Crippen molar-refractivity contribution < 1.29 is 127 Å². The number of phenols is 4. The summed E-state index contributed by atoms with van der Waals surface area (Å²) < 4.78 is 17.8. The molecule has 2 heterocycles. The van der Waals surface area contributed by atoms with Gasteiger partial charge in [0, 0.05) is 86.2 Å². The highest BCUT2D eigenvalue weighted by molar-refractivity contribution is 6.31. The molecule has 13 amide bonds. The number of ketones is 2. The number of fused-ring (bicyclic) bond motifs is 3. The van der Waals surface area contributed by atoms with E-state index in [9.17, 15) is 88.5 Å². The van der Waals surface area contributed by atoms with E-state index in [1.54, 1.807) is 27.7 Å². The number of aromatic nitrogens is 2. The average molecular weight is 1990 g/mol. The number of aliphatic hydroxyl groups excluding tert-OH is 2. The number of nitrogens with zero attached hydrogens (tertiary/aromatic N) is 2. The number of imidazole rings is 1. The van der Waals surface area contributed by atoms with Crippen molar-refractivity contribution in [1.29, 1.82) is 10.8 Å². The number of primary amides is 2. The number of carbonyl (C=O) groups excluding carboxylic acids is 15. The molecular weight excluding hydrogens is 1860 g/mol. The number of phenolic OH excluding ortho intramolecular Hbond substituents is 4. The standard InChI is InChI=1S/C93H131N23O26/c1-41(2)29-58(106-67(121)39-140-116-47(10)93(138)36-54-70(65(37-93)142-68-34-55(94)75(122)46(9)141-68)79(126)72-71(77(54)124)76(123)53-15-12-18-64(139-11)69(53)78(72)125)85(132)108-56(16-13-27-102-91(97)98)82(129)107-57(17-14-28-103-92(99)100)83(130)110-61(32-49-21-25-52(119)26-22-49)89(136)114-73(43(5)6)90(137)113-62(33-50-38-101-40-104-50)87(134)109-59(30-42(3)4)86(133)112-63(35-66(95)120)88(135)111-60(31-48-19-23-51(118)24-20-48)84(131)105-44(7)81(128)115-74(45(8)117)80(96)127/h12,15,18-26,38,40-46,55-63,65,68,73-75,117-119,122,124,126,138H,13-14,16-17,27-37,39,94H2,1-11H3,(H2,95,120)(H2,96,127)(H,101,104)(H,105,131)(H,106,121)(H,107,129)(H,108,132)(H,109,134)(H,110,130)(H,111,135)(H,112,133)(H,113,137)(H,114,136)(H,115,128)(H4,97,98,102)(H4,99,100,103)/b116-47+/t44-,45+,46-,55-,56-,57-,58-,59-,60-,61-,62-,63-,65-,68-,73-,74-,75+,93-/m0/s1. The normalized spacial score (nSPS) is 19.1. The van der Waals surface area contributed by atoms with Crippen molar-refractivity contribution in [3.05, 3.63) is 129 Å². The van der Waals surface area contributed by atoms with Gasteiger partial charge >= 0.3 is 0 Å². The first kappa shape index (κ1) is 113. The topological polar surface area (TPSA) is 810 Å². The van der Waals surface area contributed by atoms with E-state index in [-0.39, 0.29) is 134 Å². The van der Waals surface area contributed by atoms with E-state index in [4.69, 9.17) is 58.5 Å². The maximum Gasteiger partial charge on any atom is 0.261 e. The van der Waals surface area contributed by atoms with Gasteiger partial charge in [0.15, 0.2) is 30.6 Å². The predicted octanol–water partition coefficient (Wildman–Crippen LogP) is -3.94. The number of guanidine groups is 2. The maximum absolute atomic E-state index is 15.2. The molecule has 0 bridgehead atoms. The Morgan fingerprint density at radius 1 is 0.585 bits per heavy atom. The van der Waals surface area contributed by atoms with Crippen molar-refractivity contribution in [3.8, 4) is 28.7 Å². The van der Waals surface area contributed by atoms with Crippen LogP contribution >= 0.6 is 0 Å². The fourth-order valence-corrected chi connectivity index (χ4v) is 16.3. The largest absolute Gasteiger partial charge is 0.508 e. The Morgan fingerprint density at radius 3 is 1.55 bits per heavy atom. The molecule has 1 aromatic heterocycles.